The molecular weight excluding hydrogens is 549 g/mol. The van der Waals surface area contributed by atoms with Gasteiger partial charge in [-0.2, -0.15) is 26.3 Å². The quantitative estimate of drug-likeness (QED) is 0.419. The summed E-state index contributed by atoms with van der Waals surface area (Å²) in [4.78, 5) is 40.3. The first-order valence-corrected chi connectivity index (χ1v) is 12.1. The van der Waals surface area contributed by atoms with Crippen LogP contribution in [0.5, 0.6) is 0 Å². The minimum Gasteiger partial charge on any atom is -0.348 e. The Morgan fingerprint density at radius 1 is 1.11 bits per heavy atom. The highest BCUT2D eigenvalue weighted by atomic mass is 31.1. The lowest BCUT2D eigenvalue weighted by atomic mass is 10.0. The maximum absolute atomic E-state index is 13.3. The minimum absolute atomic E-state index is 0.0924. The Morgan fingerprint density at radius 3 is 2.21 bits per heavy atom. The third-order valence-electron chi connectivity index (χ3n) is 5.49. The average molecular weight is 572 g/mol. The molecule has 38 heavy (non-hydrogen) atoms. The van der Waals surface area contributed by atoms with Crippen molar-refractivity contribution in [1.82, 2.24) is 19.1 Å². The number of amides is 1. The van der Waals surface area contributed by atoms with Crippen molar-refractivity contribution in [2.24, 2.45) is 0 Å². The highest BCUT2D eigenvalue weighted by Gasteiger charge is 2.39. The molecule has 0 radical (unpaired) electrons. The highest BCUT2D eigenvalue weighted by molar-refractivity contribution is 7.36. The number of halogens is 6. The van der Waals surface area contributed by atoms with E-state index in [9.17, 15) is 45.3 Å². The second kappa shape index (κ2) is 11.0. The molecule has 3 atom stereocenters. The highest BCUT2D eigenvalue weighted by Crippen LogP contribution is 2.37. The van der Waals surface area contributed by atoms with E-state index < -0.39 is 73.3 Å². The van der Waals surface area contributed by atoms with Crippen molar-refractivity contribution in [3.05, 3.63) is 67.5 Å². The molecular formula is C21H23F6N4O6P. The third-order valence-corrected chi connectivity index (χ3v) is 6.63. The molecule has 10 nitrogen and oxygen atoms in total. The lowest BCUT2D eigenvalue weighted by Crippen LogP contribution is -2.51. The molecule has 1 aliphatic rings. The summed E-state index contributed by atoms with van der Waals surface area (Å²) in [5.41, 5.74) is -5.76. The maximum atomic E-state index is 13.3. The number of rotatable bonds is 6. The summed E-state index contributed by atoms with van der Waals surface area (Å²) in [6, 6.07) is 0.501. The molecule has 3 unspecified atom stereocenters. The predicted octanol–water partition coefficient (Wildman–Crippen LogP) is 2.89. The van der Waals surface area contributed by atoms with Crippen molar-refractivity contribution < 1.29 is 45.0 Å². The summed E-state index contributed by atoms with van der Waals surface area (Å²) in [7, 11) is 0.231. The Hall–Kier alpha value is -2.94. The molecule has 0 aliphatic carbocycles. The Bertz CT molecular complexity index is 1310. The monoisotopic (exact) mass is 572 g/mol. The summed E-state index contributed by atoms with van der Waals surface area (Å²) in [5.74, 6) is -1.20. The van der Waals surface area contributed by atoms with Crippen molar-refractivity contribution in [3.63, 3.8) is 0 Å². The van der Waals surface area contributed by atoms with E-state index in [1.807, 2.05) is 4.98 Å². The molecule has 3 rings (SSSR count). The SMILES string of the molecule is Cc1cn(C2CN(C(=O)c3cc(C(F)(F)F)cc(C(F)(F)F)c3)CC(CO[PH](=O)N(C)C)O2)c(=O)[nH]c1=O. The van der Waals surface area contributed by atoms with Gasteiger partial charge < -0.3 is 14.2 Å². The van der Waals surface area contributed by atoms with Gasteiger partial charge in [0.1, 0.15) is 6.10 Å². The van der Waals surface area contributed by atoms with E-state index in [1.54, 1.807) is 0 Å². The fourth-order valence-corrected chi connectivity index (χ4v) is 4.17. The summed E-state index contributed by atoms with van der Waals surface area (Å²) >= 11 is 0. The van der Waals surface area contributed by atoms with Gasteiger partial charge in [0.05, 0.1) is 24.3 Å². The number of aromatic amines is 1. The number of nitrogens with one attached hydrogen (secondary N) is 1. The predicted molar refractivity (Wildman–Crippen MR) is 121 cm³/mol. The molecule has 1 fully saturated rings. The molecule has 2 heterocycles. The number of nitrogens with zero attached hydrogens (tertiary/aromatic N) is 3. The van der Waals surface area contributed by atoms with Crippen LogP contribution < -0.4 is 11.2 Å². The number of morpholine rings is 1. The molecule has 1 aromatic carbocycles. The zero-order chi connectivity index (χ0) is 28.6. The van der Waals surface area contributed by atoms with E-state index in [0.29, 0.717) is 12.1 Å². The van der Waals surface area contributed by atoms with Gasteiger partial charge in [-0.1, -0.05) is 0 Å². The van der Waals surface area contributed by atoms with Crippen molar-refractivity contribution in [1.29, 1.82) is 0 Å². The lowest BCUT2D eigenvalue weighted by molar-refractivity contribution is -0.143. The van der Waals surface area contributed by atoms with E-state index in [2.05, 4.69) is 0 Å². The first kappa shape index (κ1) is 29.6. The summed E-state index contributed by atoms with van der Waals surface area (Å²) < 4.78 is 105. The number of hydrogen-bond donors (Lipinski definition) is 1. The topological polar surface area (TPSA) is 114 Å². The molecule has 210 valence electrons. The van der Waals surface area contributed by atoms with Crippen molar-refractivity contribution >= 4 is 14.1 Å². The second-order valence-electron chi connectivity index (χ2n) is 8.67. The van der Waals surface area contributed by atoms with Crippen LogP contribution in [-0.4, -0.2) is 64.9 Å². The van der Waals surface area contributed by atoms with Crippen LogP contribution in [-0.2, 0) is 26.2 Å². The fraction of sp³-hybridized carbons (Fsp3) is 0.476. The fourth-order valence-electron chi connectivity index (χ4n) is 3.58. The number of aromatic nitrogens is 2. The van der Waals surface area contributed by atoms with E-state index in [4.69, 9.17) is 9.26 Å². The van der Waals surface area contributed by atoms with Crippen LogP contribution >= 0.6 is 8.18 Å². The molecule has 1 N–H and O–H groups in total. The molecule has 2 aromatic rings. The molecule has 1 amide bonds. The standard InChI is InChI=1S/C21H23F6N4O6P/c1-11-7-31(19(34)28-17(11)32)16-9-30(8-15(37-16)10-36-38(35)29(2)3)18(33)12-4-13(20(22,23)24)6-14(5-12)21(25,26)27/h4-7,15-16,38H,8-10H2,1-3H3,(H,28,32,34). The molecule has 17 heteroatoms. The number of carbonyl (C=O) groups is 1. The Morgan fingerprint density at radius 2 is 1.68 bits per heavy atom. The van der Waals surface area contributed by atoms with E-state index in [1.165, 1.54) is 25.7 Å². The zero-order valence-electron chi connectivity index (χ0n) is 20.1. The lowest BCUT2D eigenvalue weighted by Gasteiger charge is -2.38. The number of ether oxygens (including phenoxy) is 1. The Balaban J connectivity index is 2.02. The van der Waals surface area contributed by atoms with Crippen LogP contribution in [0.4, 0.5) is 26.3 Å². The number of carbonyl (C=O) groups excluding carboxylic acids is 1. The van der Waals surface area contributed by atoms with Gasteiger partial charge >= 0.3 is 18.0 Å². The Labute approximate surface area is 211 Å². The van der Waals surface area contributed by atoms with Crippen LogP contribution in [0, 0.1) is 6.92 Å². The first-order chi connectivity index (χ1) is 17.5. The normalized spacial score (nSPS) is 19.6. The second-order valence-corrected chi connectivity index (χ2v) is 10.4. The summed E-state index contributed by atoms with van der Waals surface area (Å²) in [5, 5.41) is 0. The summed E-state index contributed by atoms with van der Waals surface area (Å²) in [6.45, 7) is 0.156. The van der Waals surface area contributed by atoms with E-state index >= 15 is 0 Å². The summed E-state index contributed by atoms with van der Waals surface area (Å²) in [6.07, 6.45) is -11.6. The number of H-pyrrole nitrogens is 1. The van der Waals surface area contributed by atoms with Crippen LogP contribution in [0.3, 0.4) is 0 Å². The van der Waals surface area contributed by atoms with Gasteiger partial charge in [0.25, 0.3) is 19.6 Å². The van der Waals surface area contributed by atoms with Gasteiger partial charge in [0.15, 0.2) is 6.23 Å². The van der Waals surface area contributed by atoms with Crippen LogP contribution in [0.2, 0.25) is 0 Å². The van der Waals surface area contributed by atoms with Gasteiger partial charge in [-0.15, -0.1) is 0 Å². The number of benzene rings is 1. The minimum atomic E-state index is -5.17. The number of aryl methyl sites for hydroxylation is 1. The molecule has 0 saturated carbocycles. The van der Waals surface area contributed by atoms with Gasteiger partial charge in [-0.3, -0.25) is 23.7 Å². The average Bonchev–Trinajstić information content (AvgIpc) is 2.82. The van der Waals surface area contributed by atoms with Crippen molar-refractivity contribution in [2.45, 2.75) is 31.6 Å². The van der Waals surface area contributed by atoms with Crippen molar-refractivity contribution in [3.8, 4) is 0 Å². The van der Waals surface area contributed by atoms with Gasteiger partial charge in [0.2, 0.25) is 0 Å². The first-order valence-electron chi connectivity index (χ1n) is 10.9. The van der Waals surface area contributed by atoms with Crippen LogP contribution in [0.15, 0.2) is 34.0 Å². The smallest absolute Gasteiger partial charge is 0.348 e. The zero-order valence-corrected chi connectivity index (χ0v) is 21.1. The van der Waals surface area contributed by atoms with Gasteiger partial charge in [0, 0.05) is 23.9 Å². The molecule has 1 aliphatic heterocycles. The maximum Gasteiger partial charge on any atom is 0.416 e. The van der Waals surface area contributed by atoms with Gasteiger partial charge in [-0.25, -0.2) is 9.46 Å². The Kier molecular flexibility index (Phi) is 8.61. The third kappa shape index (κ3) is 6.92. The van der Waals surface area contributed by atoms with Crippen LogP contribution in [0.25, 0.3) is 0 Å². The number of alkyl halides is 6. The van der Waals surface area contributed by atoms with Crippen LogP contribution in [0.1, 0.15) is 33.3 Å². The largest absolute Gasteiger partial charge is 0.416 e. The molecule has 0 spiro atoms. The van der Waals surface area contributed by atoms with Gasteiger partial charge in [-0.05, 0) is 39.2 Å². The van der Waals surface area contributed by atoms with Crippen molar-refractivity contribution in [2.75, 3.05) is 33.8 Å². The molecule has 1 aromatic heterocycles. The molecule has 0 bridgehead atoms. The van der Waals surface area contributed by atoms with E-state index in [-0.39, 0.29) is 24.8 Å². The van der Waals surface area contributed by atoms with E-state index in [0.717, 1.165) is 15.7 Å². The molecule has 1 saturated heterocycles. The number of hydrogen-bond acceptors (Lipinski definition) is 6.